The number of morpholine rings is 1. The molecule has 1 atom stereocenters. The van der Waals surface area contributed by atoms with Crippen molar-refractivity contribution in [3.63, 3.8) is 0 Å². The highest BCUT2D eigenvalue weighted by atomic mass is 16.5. The minimum atomic E-state index is -0.0621. The fourth-order valence-electron chi connectivity index (χ4n) is 4.20. The van der Waals surface area contributed by atoms with Crippen LogP contribution in [0.15, 0.2) is 35.1 Å². The summed E-state index contributed by atoms with van der Waals surface area (Å²) in [5.74, 6) is 0.985. The number of anilines is 2. The molecule has 29 heavy (non-hydrogen) atoms. The number of hydrogen-bond acceptors (Lipinski definition) is 6. The molecular formula is C22H31N5O2. The molecule has 2 fully saturated rings. The van der Waals surface area contributed by atoms with Crippen molar-refractivity contribution in [1.82, 2.24) is 14.9 Å². The first kappa shape index (κ1) is 19.9. The molecule has 0 bridgehead atoms. The minimum Gasteiger partial charge on any atom is -0.378 e. The third-order valence-electron chi connectivity index (χ3n) is 5.84. The van der Waals surface area contributed by atoms with Gasteiger partial charge in [-0.25, -0.2) is 4.98 Å². The predicted octanol–water partition coefficient (Wildman–Crippen LogP) is 2.05. The van der Waals surface area contributed by atoms with E-state index in [0.717, 1.165) is 51.3 Å². The number of piperidine rings is 1. The second-order valence-corrected chi connectivity index (χ2v) is 8.23. The third-order valence-corrected chi connectivity index (χ3v) is 5.84. The first-order chi connectivity index (χ1) is 14.1. The highest BCUT2D eigenvalue weighted by Crippen LogP contribution is 2.27. The molecule has 3 heterocycles. The van der Waals surface area contributed by atoms with Gasteiger partial charge >= 0.3 is 0 Å². The third kappa shape index (κ3) is 4.97. The molecule has 1 N–H and O–H groups in total. The fourth-order valence-corrected chi connectivity index (χ4v) is 4.20. The van der Waals surface area contributed by atoms with Crippen LogP contribution in [-0.2, 0) is 11.3 Å². The van der Waals surface area contributed by atoms with E-state index in [4.69, 9.17) is 9.72 Å². The number of aromatic amines is 1. The SMILES string of the molecule is CN(C)c1ccc(CN2CCCC(c3cc(=O)[nH]c(N4CCOCC4)n3)C2)cc1. The van der Waals surface area contributed by atoms with E-state index in [1.165, 1.54) is 11.3 Å². The quantitative estimate of drug-likeness (QED) is 0.833. The molecule has 2 aliphatic rings. The van der Waals surface area contributed by atoms with Crippen LogP contribution in [0.3, 0.4) is 0 Å². The summed E-state index contributed by atoms with van der Waals surface area (Å²) in [4.78, 5) is 26.7. The predicted molar refractivity (Wildman–Crippen MR) is 116 cm³/mol. The van der Waals surface area contributed by atoms with Crippen LogP contribution < -0.4 is 15.4 Å². The Morgan fingerprint density at radius 3 is 2.66 bits per heavy atom. The maximum atomic E-state index is 12.3. The summed E-state index contributed by atoms with van der Waals surface area (Å²) in [6.45, 7) is 5.86. The Labute approximate surface area is 172 Å². The molecule has 0 spiro atoms. The van der Waals surface area contributed by atoms with Gasteiger partial charge in [-0.15, -0.1) is 0 Å². The maximum Gasteiger partial charge on any atom is 0.252 e. The normalized spacial score (nSPS) is 20.6. The van der Waals surface area contributed by atoms with E-state index in [-0.39, 0.29) is 5.56 Å². The van der Waals surface area contributed by atoms with Gasteiger partial charge in [-0.3, -0.25) is 14.7 Å². The van der Waals surface area contributed by atoms with E-state index < -0.39 is 0 Å². The molecule has 2 aromatic rings. The van der Waals surface area contributed by atoms with Crippen LogP contribution in [0.4, 0.5) is 11.6 Å². The Morgan fingerprint density at radius 2 is 1.93 bits per heavy atom. The van der Waals surface area contributed by atoms with Crippen molar-refractivity contribution < 1.29 is 4.74 Å². The summed E-state index contributed by atoms with van der Waals surface area (Å²) in [6.07, 6.45) is 2.21. The number of likely N-dealkylation sites (tertiary alicyclic amines) is 1. The summed E-state index contributed by atoms with van der Waals surface area (Å²) < 4.78 is 5.42. The van der Waals surface area contributed by atoms with Gasteiger partial charge in [0.25, 0.3) is 5.56 Å². The van der Waals surface area contributed by atoms with Gasteiger partial charge in [0, 0.05) is 57.9 Å². The number of H-pyrrole nitrogens is 1. The molecule has 1 aromatic carbocycles. The Morgan fingerprint density at radius 1 is 1.17 bits per heavy atom. The molecular weight excluding hydrogens is 366 g/mol. The molecule has 4 rings (SSSR count). The van der Waals surface area contributed by atoms with Crippen molar-refractivity contribution in [3.05, 3.63) is 51.9 Å². The van der Waals surface area contributed by atoms with E-state index >= 15 is 0 Å². The lowest BCUT2D eigenvalue weighted by molar-refractivity contribution is 0.122. The van der Waals surface area contributed by atoms with E-state index in [0.29, 0.717) is 25.1 Å². The van der Waals surface area contributed by atoms with Gasteiger partial charge in [0.15, 0.2) is 0 Å². The molecule has 2 saturated heterocycles. The molecule has 0 aliphatic carbocycles. The molecule has 7 nitrogen and oxygen atoms in total. The first-order valence-corrected chi connectivity index (χ1v) is 10.5. The number of nitrogens with zero attached hydrogens (tertiary/aromatic N) is 4. The topological polar surface area (TPSA) is 64.7 Å². The molecule has 0 amide bonds. The standard InChI is InChI=1S/C22H31N5O2/c1-25(2)19-7-5-17(6-8-19)15-26-9-3-4-18(16-26)20-14-21(28)24-22(23-20)27-10-12-29-13-11-27/h5-8,14,18H,3-4,9-13,15-16H2,1-2H3,(H,23,24,28). The number of benzene rings is 1. The number of hydrogen-bond donors (Lipinski definition) is 1. The van der Waals surface area contributed by atoms with E-state index in [1.807, 2.05) is 0 Å². The zero-order valence-electron chi connectivity index (χ0n) is 17.4. The zero-order chi connectivity index (χ0) is 20.2. The lowest BCUT2D eigenvalue weighted by Gasteiger charge is -2.33. The number of ether oxygens (including phenoxy) is 1. The van der Waals surface area contributed by atoms with Crippen molar-refractivity contribution in [2.75, 3.05) is 63.3 Å². The first-order valence-electron chi connectivity index (χ1n) is 10.5. The van der Waals surface area contributed by atoms with E-state index in [1.54, 1.807) is 6.07 Å². The van der Waals surface area contributed by atoms with Gasteiger partial charge in [-0.2, -0.15) is 0 Å². The van der Waals surface area contributed by atoms with Gasteiger partial charge in [-0.05, 0) is 37.1 Å². The van der Waals surface area contributed by atoms with Crippen molar-refractivity contribution in [2.24, 2.45) is 0 Å². The molecule has 1 aromatic heterocycles. The highest BCUT2D eigenvalue weighted by molar-refractivity contribution is 5.46. The van der Waals surface area contributed by atoms with Gasteiger partial charge < -0.3 is 14.5 Å². The fraction of sp³-hybridized carbons (Fsp3) is 0.545. The second-order valence-electron chi connectivity index (χ2n) is 8.23. The number of aromatic nitrogens is 2. The second kappa shape index (κ2) is 8.97. The van der Waals surface area contributed by atoms with Crippen molar-refractivity contribution in [3.8, 4) is 0 Å². The van der Waals surface area contributed by atoms with Crippen molar-refractivity contribution in [1.29, 1.82) is 0 Å². The Hall–Kier alpha value is -2.38. The Balaban J connectivity index is 1.45. The van der Waals surface area contributed by atoms with E-state index in [2.05, 4.69) is 58.0 Å². The molecule has 156 valence electrons. The zero-order valence-corrected chi connectivity index (χ0v) is 17.4. The lowest BCUT2D eigenvalue weighted by Crippen LogP contribution is -2.39. The smallest absolute Gasteiger partial charge is 0.252 e. The van der Waals surface area contributed by atoms with Crippen LogP contribution in [0.1, 0.15) is 30.0 Å². The van der Waals surface area contributed by atoms with Crippen molar-refractivity contribution >= 4 is 11.6 Å². The average Bonchev–Trinajstić information content (AvgIpc) is 2.74. The molecule has 7 heteroatoms. The molecule has 0 radical (unpaired) electrons. The largest absolute Gasteiger partial charge is 0.378 e. The van der Waals surface area contributed by atoms with Crippen LogP contribution in [0.5, 0.6) is 0 Å². The summed E-state index contributed by atoms with van der Waals surface area (Å²) in [5.41, 5.74) is 3.40. The van der Waals surface area contributed by atoms with Gasteiger partial charge in [-0.1, -0.05) is 12.1 Å². The molecule has 1 unspecified atom stereocenters. The van der Waals surface area contributed by atoms with Crippen LogP contribution >= 0.6 is 0 Å². The van der Waals surface area contributed by atoms with Gasteiger partial charge in [0.1, 0.15) is 0 Å². The molecule has 2 aliphatic heterocycles. The summed E-state index contributed by atoms with van der Waals surface area (Å²) in [7, 11) is 4.12. The average molecular weight is 398 g/mol. The molecule has 0 saturated carbocycles. The van der Waals surface area contributed by atoms with E-state index in [9.17, 15) is 4.79 Å². The Kier molecular flexibility index (Phi) is 6.16. The van der Waals surface area contributed by atoms with Crippen LogP contribution in [-0.4, -0.2) is 68.4 Å². The minimum absolute atomic E-state index is 0.0621. The Bertz CT molecular complexity index is 858. The number of nitrogens with one attached hydrogen (secondary N) is 1. The monoisotopic (exact) mass is 397 g/mol. The van der Waals surface area contributed by atoms with Crippen LogP contribution in [0, 0.1) is 0 Å². The summed E-state index contributed by atoms with van der Waals surface area (Å²) >= 11 is 0. The van der Waals surface area contributed by atoms with Gasteiger partial charge in [0.05, 0.1) is 18.9 Å². The maximum absolute atomic E-state index is 12.3. The highest BCUT2D eigenvalue weighted by Gasteiger charge is 2.24. The number of rotatable bonds is 5. The lowest BCUT2D eigenvalue weighted by atomic mass is 9.94. The summed E-state index contributed by atoms with van der Waals surface area (Å²) in [5, 5.41) is 0. The van der Waals surface area contributed by atoms with Crippen LogP contribution in [0.25, 0.3) is 0 Å². The summed E-state index contributed by atoms with van der Waals surface area (Å²) in [6, 6.07) is 10.4. The van der Waals surface area contributed by atoms with Gasteiger partial charge in [0.2, 0.25) is 5.95 Å². The van der Waals surface area contributed by atoms with Crippen molar-refractivity contribution in [2.45, 2.75) is 25.3 Å². The van der Waals surface area contributed by atoms with Crippen LogP contribution in [0.2, 0.25) is 0 Å².